The third kappa shape index (κ3) is 5.93. The van der Waals surface area contributed by atoms with Crippen LogP contribution in [0.15, 0.2) is 40.9 Å². The lowest BCUT2D eigenvalue weighted by atomic mass is 10.0. The van der Waals surface area contributed by atoms with Gasteiger partial charge in [0.1, 0.15) is 11.4 Å². The molecule has 0 aliphatic carbocycles. The number of benzene rings is 1. The van der Waals surface area contributed by atoms with Crippen LogP contribution in [0.2, 0.25) is 0 Å². The molecule has 196 valence electrons. The summed E-state index contributed by atoms with van der Waals surface area (Å²) < 4.78 is 13.4. The number of carbonyl (C=O) groups is 1. The molecule has 0 aliphatic heterocycles. The SMILES string of the molecule is Cc1nccc2c1c(=O)n(C)c1cc(OCC(C)CC(C)NC(=O)OC(C)(C)C)c(-c3cncs3)cc21. The molecule has 1 N–H and O–H groups in total. The molecule has 0 radical (unpaired) electrons. The Morgan fingerprint density at radius 3 is 2.65 bits per heavy atom. The van der Waals surface area contributed by atoms with Crippen molar-refractivity contribution in [3.05, 3.63) is 52.2 Å². The molecule has 9 heteroatoms. The standard InChI is InChI=1S/C28H34N4O4S/c1-16(10-17(2)31-27(34)36-28(4,5)6)14-35-23-12-22-20(11-21(23)24-13-29-15-37-24)19-8-9-30-18(3)25(19)26(33)32(22)7/h8-9,11-13,15-17H,10,14H2,1-7H3,(H,31,34). The molecule has 0 fully saturated rings. The molecular formula is C28H34N4O4S. The number of hydrogen-bond acceptors (Lipinski definition) is 7. The Kier molecular flexibility index (Phi) is 7.54. The van der Waals surface area contributed by atoms with Crippen LogP contribution in [0.3, 0.4) is 0 Å². The highest BCUT2D eigenvalue weighted by Crippen LogP contribution is 2.38. The number of amides is 1. The highest BCUT2D eigenvalue weighted by Gasteiger charge is 2.20. The fraction of sp³-hybridized carbons (Fsp3) is 0.429. The van der Waals surface area contributed by atoms with Crippen molar-refractivity contribution >= 4 is 39.1 Å². The predicted octanol–water partition coefficient (Wildman–Crippen LogP) is 5.84. The van der Waals surface area contributed by atoms with Crippen molar-refractivity contribution in [1.82, 2.24) is 19.9 Å². The Morgan fingerprint density at radius 1 is 1.22 bits per heavy atom. The molecule has 4 rings (SSSR count). The fourth-order valence-corrected chi connectivity index (χ4v) is 5.18. The molecule has 0 saturated carbocycles. The van der Waals surface area contributed by atoms with Gasteiger partial charge in [0.25, 0.3) is 5.56 Å². The van der Waals surface area contributed by atoms with Crippen LogP contribution in [0.4, 0.5) is 4.79 Å². The predicted molar refractivity (Wildman–Crippen MR) is 148 cm³/mol. The van der Waals surface area contributed by atoms with Crippen molar-refractivity contribution in [2.24, 2.45) is 13.0 Å². The molecular weight excluding hydrogens is 488 g/mol. The number of ether oxygens (including phenoxy) is 2. The number of thiazole rings is 1. The molecule has 8 nitrogen and oxygen atoms in total. The number of nitrogens with one attached hydrogen (secondary N) is 1. The summed E-state index contributed by atoms with van der Waals surface area (Å²) in [5.74, 6) is 0.848. The number of rotatable bonds is 7. The molecule has 2 unspecified atom stereocenters. The second kappa shape index (κ2) is 10.5. The summed E-state index contributed by atoms with van der Waals surface area (Å²) in [5.41, 5.74) is 3.60. The second-order valence-electron chi connectivity index (χ2n) is 10.6. The maximum Gasteiger partial charge on any atom is 0.407 e. The number of nitrogens with zero attached hydrogens (tertiary/aromatic N) is 3. The Morgan fingerprint density at radius 2 is 1.97 bits per heavy atom. The smallest absolute Gasteiger partial charge is 0.407 e. The normalized spacial score (nSPS) is 13.5. The monoisotopic (exact) mass is 522 g/mol. The summed E-state index contributed by atoms with van der Waals surface area (Å²) >= 11 is 1.54. The number of pyridine rings is 2. The highest BCUT2D eigenvalue weighted by atomic mass is 32.1. The van der Waals surface area contributed by atoms with Crippen LogP contribution in [-0.2, 0) is 11.8 Å². The van der Waals surface area contributed by atoms with Crippen LogP contribution in [-0.4, -0.2) is 38.9 Å². The molecule has 0 bridgehead atoms. The maximum atomic E-state index is 13.2. The van der Waals surface area contributed by atoms with E-state index in [1.54, 1.807) is 23.3 Å². The van der Waals surface area contributed by atoms with E-state index in [0.717, 1.165) is 33.2 Å². The van der Waals surface area contributed by atoms with Gasteiger partial charge in [0.15, 0.2) is 0 Å². The van der Waals surface area contributed by atoms with E-state index in [-0.39, 0.29) is 17.5 Å². The van der Waals surface area contributed by atoms with Gasteiger partial charge in [-0.15, -0.1) is 11.3 Å². The summed E-state index contributed by atoms with van der Waals surface area (Å²) in [6.07, 6.45) is 3.86. The molecule has 0 aliphatic rings. The molecule has 0 saturated heterocycles. The average molecular weight is 523 g/mol. The lowest BCUT2D eigenvalue weighted by Crippen LogP contribution is -2.38. The second-order valence-corrected chi connectivity index (χ2v) is 11.5. The van der Waals surface area contributed by atoms with Crippen LogP contribution in [0.1, 0.15) is 46.7 Å². The van der Waals surface area contributed by atoms with E-state index in [9.17, 15) is 9.59 Å². The van der Waals surface area contributed by atoms with Gasteiger partial charge in [-0.2, -0.15) is 0 Å². The molecule has 1 aromatic carbocycles. The Labute approximate surface area is 220 Å². The van der Waals surface area contributed by atoms with Crippen LogP contribution >= 0.6 is 11.3 Å². The van der Waals surface area contributed by atoms with Gasteiger partial charge in [-0.05, 0) is 64.5 Å². The van der Waals surface area contributed by atoms with Gasteiger partial charge in [0.05, 0.1) is 33.6 Å². The van der Waals surface area contributed by atoms with Gasteiger partial charge in [0, 0.05) is 42.5 Å². The fourth-order valence-electron chi connectivity index (χ4n) is 4.53. The zero-order chi connectivity index (χ0) is 26.9. The third-order valence-electron chi connectivity index (χ3n) is 6.15. The summed E-state index contributed by atoms with van der Waals surface area (Å²) in [4.78, 5) is 34.9. The number of aromatic nitrogens is 3. The summed E-state index contributed by atoms with van der Waals surface area (Å²) in [6.45, 7) is 11.9. The highest BCUT2D eigenvalue weighted by molar-refractivity contribution is 7.13. The Bertz CT molecular complexity index is 1490. The van der Waals surface area contributed by atoms with Crippen molar-refractivity contribution in [3.63, 3.8) is 0 Å². The summed E-state index contributed by atoms with van der Waals surface area (Å²) in [5, 5.41) is 5.35. The van der Waals surface area contributed by atoms with Crippen molar-refractivity contribution in [2.45, 2.75) is 59.6 Å². The number of fused-ring (bicyclic) bond motifs is 3. The topological polar surface area (TPSA) is 95.3 Å². The van der Waals surface area contributed by atoms with Crippen molar-refractivity contribution in [3.8, 4) is 16.2 Å². The molecule has 3 aromatic heterocycles. The van der Waals surface area contributed by atoms with Gasteiger partial charge in [-0.3, -0.25) is 14.8 Å². The third-order valence-corrected chi connectivity index (χ3v) is 6.96. The first-order valence-electron chi connectivity index (χ1n) is 12.4. The Balaban J connectivity index is 1.63. The molecule has 0 spiro atoms. The van der Waals surface area contributed by atoms with Crippen molar-refractivity contribution in [1.29, 1.82) is 0 Å². The van der Waals surface area contributed by atoms with Gasteiger partial charge < -0.3 is 19.4 Å². The van der Waals surface area contributed by atoms with Gasteiger partial charge in [-0.25, -0.2) is 4.79 Å². The molecule has 37 heavy (non-hydrogen) atoms. The number of carbonyl (C=O) groups excluding carboxylic acids is 1. The summed E-state index contributed by atoms with van der Waals surface area (Å²) in [6, 6.07) is 5.84. The van der Waals surface area contributed by atoms with E-state index in [2.05, 4.69) is 28.3 Å². The first-order chi connectivity index (χ1) is 17.4. The zero-order valence-electron chi connectivity index (χ0n) is 22.4. The number of alkyl carbamates (subject to hydrolysis) is 1. The summed E-state index contributed by atoms with van der Waals surface area (Å²) in [7, 11) is 1.78. The van der Waals surface area contributed by atoms with E-state index in [1.165, 1.54) is 11.3 Å². The van der Waals surface area contributed by atoms with E-state index >= 15 is 0 Å². The minimum atomic E-state index is -0.539. The maximum absolute atomic E-state index is 13.2. The molecule has 3 heterocycles. The average Bonchev–Trinajstić information content (AvgIpc) is 3.34. The lowest BCUT2D eigenvalue weighted by Gasteiger charge is -2.23. The minimum absolute atomic E-state index is 0.0740. The lowest BCUT2D eigenvalue weighted by molar-refractivity contribution is 0.0500. The molecule has 1 amide bonds. The van der Waals surface area contributed by atoms with Crippen LogP contribution < -0.4 is 15.6 Å². The van der Waals surface area contributed by atoms with Crippen molar-refractivity contribution < 1.29 is 14.3 Å². The molecule has 4 aromatic rings. The van der Waals surface area contributed by atoms with Gasteiger partial charge in [-0.1, -0.05) is 6.92 Å². The van der Waals surface area contributed by atoms with E-state index in [0.29, 0.717) is 23.4 Å². The van der Waals surface area contributed by atoms with Crippen LogP contribution in [0, 0.1) is 12.8 Å². The first kappa shape index (κ1) is 26.6. The van der Waals surface area contributed by atoms with E-state index in [1.807, 2.05) is 52.9 Å². The first-order valence-corrected chi connectivity index (χ1v) is 13.3. The van der Waals surface area contributed by atoms with E-state index < -0.39 is 11.7 Å². The van der Waals surface area contributed by atoms with Crippen molar-refractivity contribution in [2.75, 3.05) is 6.61 Å². The van der Waals surface area contributed by atoms with Gasteiger partial charge in [0.2, 0.25) is 0 Å². The van der Waals surface area contributed by atoms with E-state index in [4.69, 9.17) is 9.47 Å². The Hall–Kier alpha value is -3.46. The largest absolute Gasteiger partial charge is 0.493 e. The number of hydrogen-bond donors (Lipinski definition) is 1. The minimum Gasteiger partial charge on any atom is -0.493 e. The van der Waals surface area contributed by atoms with Crippen LogP contribution in [0.5, 0.6) is 5.75 Å². The van der Waals surface area contributed by atoms with Gasteiger partial charge >= 0.3 is 6.09 Å². The quantitative estimate of drug-likeness (QED) is 0.307. The molecule has 2 atom stereocenters. The zero-order valence-corrected chi connectivity index (χ0v) is 23.2. The number of aryl methyl sites for hydroxylation is 2. The van der Waals surface area contributed by atoms with Crippen LogP contribution in [0.25, 0.3) is 32.1 Å².